The molecule has 0 bridgehead atoms. The summed E-state index contributed by atoms with van der Waals surface area (Å²) in [6.45, 7) is 3.17. The van der Waals surface area contributed by atoms with Gasteiger partial charge in [-0.2, -0.15) is 5.10 Å². The average molecular weight is 160 g/mol. The summed E-state index contributed by atoms with van der Waals surface area (Å²) >= 11 is 4.79. The normalized spacial score (nSPS) is 9.80. The van der Waals surface area contributed by atoms with Crippen molar-refractivity contribution in [2.45, 2.75) is 6.92 Å². The minimum Gasteiger partial charge on any atom is -0.362 e. The maximum atomic E-state index is 5.14. The fourth-order valence-electron chi connectivity index (χ4n) is 0.357. The minimum atomic E-state index is 0.418. The van der Waals surface area contributed by atoms with Crippen LogP contribution in [0.1, 0.15) is 6.92 Å². The highest BCUT2D eigenvalue weighted by Crippen LogP contribution is 1.64. The summed E-state index contributed by atoms with van der Waals surface area (Å²) in [7, 11) is 0. The van der Waals surface area contributed by atoms with Crippen molar-refractivity contribution in [2.24, 2.45) is 10.8 Å². The Labute approximate surface area is 65.9 Å². The van der Waals surface area contributed by atoms with Gasteiger partial charge in [0.05, 0.1) is 0 Å². The van der Waals surface area contributed by atoms with Gasteiger partial charge in [-0.15, -0.1) is 0 Å². The maximum Gasteiger partial charge on any atom is 0.186 e. The average Bonchev–Trinajstić information content (AvgIpc) is 1.89. The van der Waals surface area contributed by atoms with Crippen LogP contribution in [0.25, 0.3) is 0 Å². The largest absolute Gasteiger partial charge is 0.362 e. The molecule has 0 atom stereocenters. The number of hydrazone groups is 1. The second-order valence-corrected chi connectivity index (χ2v) is 1.93. The quantitative estimate of drug-likeness (QED) is 0.293. The molecule has 0 aliphatic rings. The molecule has 0 saturated carbocycles. The van der Waals surface area contributed by atoms with Crippen LogP contribution in [0.4, 0.5) is 0 Å². The fraction of sp³-hybridized carbons (Fsp3) is 0.600. The summed E-state index contributed by atoms with van der Waals surface area (Å²) in [5.74, 6) is 0. The topological polar surface area (TPSA) is 62.4 Å². The van der Waals surface area contributed by atoms with Crippen LogP contribution < -0.4 is 16.5 Å². The fourth-order valence-corrected chi connectivity index (χ4v) is 0.554. The Balaban J connectivity index is 3.30. The monoisotopic (exact) mass is 160 g/mol. The zero-order chi connectivity index (χ0) is 7.82. The van der Waals surface area contributed by atoms with Crippen LogP contribution in [0.5, 0.6) is 0 Å². The van der Waals surface area contributed by atoms with Gasteiger partial charge >= 0.3 is 0 Å². The van der Waals surface area contributed by atoms with Crippen LogP contribution in [0, 0.1) is 0 Å². The number of nitrogens with two attached hydrogens (primary N) is 1. The van der Waals surface area contributed by atoms with Gasteiger partial charge in [0.25, 0.3) is 0 Å². The van der Waals surface area contributed by atoms with Gasteiger partial charge in [0.1, 0.15) is 0 Å². The third-order valence-electron chi connectivity index (χ3n) is 0.700. The van der Waals surface area contributed by atoms with Gasteiger partial charge < -0.3 is 11.1 Å². The zero-order valence-electron chi connectivity index (χ0n) is 5.92. The van der Waals surface area contributed by atoms with Crippen molar-refractivity contribution in [3.63, 3.8) is 0 Å². The summed E-state index contributed by atoms with van der Waals surface area (Å²) in [6, 6.07) is 0. The Hall–Kier alpha value is -0.680. The van der Waals surface area contributed by atoms with E-state index in [4.69, 9.17) is 18.0 Å². The second kappa shape index (κ2) is 6.44. The number of hydrogen-bond acceptors (Lipinski definition) is 3. The first-order valence-corrected chi connectivity index (χ1v) is 3.47. The second-order valence-electron chi connectivity index (χ2n) is 1.52. The molecular formula is C5H12N4S. The van der Waals surface area contributed by atoms with E-state index in [-0.39, 0.29) is 0 Å². The highest BCUT2D eigenvalue weighted by molar-refractivity contribution is 7.80. The molecule has 0 aliphatic carbocycles. The Kier molecular flexibility index (Phi) is 6.00. The van der Waals surface area contributed by atoms with E-state index < -0.39 is 0 Å². The first kappa shape index (κ1) is 9.32. The molecule has 58 valence electrons. The Morgan fingerprint density at radius 2 is 2.50 bits per heavy atom. The SMILES string of the molecule is CCNC(=S)N/N=C/CN. The predicted molar refractivity (Wildman–Crippen MR) is 47.0 cm³/mol. The zero-order valence-corrected chi connectivity index (χ0v) is 6.74. The van der Waals surface area contributed by atoms with Crippen LogP contribution in [-0.2, 0) is 0 Å². The van der Waals surface area contributed by atoms with Crippen LogP contribution in [-0.4, -0.2) is 24.4 Å². The minimum absolute atomic E-state index is 0.418. The maximum absolute atomic E-state index is 5.14. The summed E-state index contributed by atoms with van der Waals surface area (Å²) < 4.78 is 0. The van der Waals surface area contributed by atoms with E-state index in [2.05, 4.69) is 15.8 Å². The predicted octanol–water partition coefficient (Wildman–Crippen LogP) is -0.585. The van der Waals surface area contributed by atoms with E-state index in [9.17, 15) is 0 Å². The lowest BCUT2D eigenvalue weighted by molar-refractivity contribution is 0.902. The van der Waals surface area contributed by atoms with Gasteiger partial charge in [-0.05, 0) is 19.1 Å². The highest BCUT2D eigenvalue weighted by Gasteiger charge is 1.85. The molecule has 4 N–H and O–H groups in total. The first-order chi connectivity index (χ1) is 4.81. The lowest BCUT2D eigenvalue weighted by Crippen LogP contribution is -2.31. The molecule has 0 fully saturated rings. The molecule has 0 aliphatic heterocycles. The number of nitrogens with one attached hydrogen (secondary N) is 2. The van der Waals surface area contributed by atoms with Crippen molar-refractivity contribution in [1.29, 1.82) is 0 Å². The number of nitrogens with zero attached hydrogens (tertiary/aromatic N) is 1. The Morgan fingerprint density at radius 1 is 1.80 bits per heavy atom. The number of hydrogen-bond donors (Lipinski definition) is 3. The molecule has 0 aromatic rings. The molecule has 10 heavy (non-hydrogen) atoms. The van der Waals surface area contributed by atoms with Gasteiger partial charge in [0.15, 0.2) is 5.11 Å². The summed E-state index contributed by atoms with van der Waals surface area (Å²) in [4.78, 5) is 0. The first-order valence-electron chi connectivity index (χ1n) is 3.06. The molecular weight excluding hydrogens is 148 g/mol. The lowest BCUT2D eigenvalue weighted by Gasteiger charge is -2.01. The van der Waals surface area contributed by atoms with Crippen LogP contribution >= 0.6 is 12.2 Å². The van der Waals surface area contributed by atoms with Gasteiger partial charge in [-0.1, -0.05) is 0 Å². The smallest absolute Gasteiger partial charge is 0.186 e. The molecule has 0 heterocycles. The summed E-state index contributed by atoms with van der Waals surface area (Å²) in [5.41, 5.74) is 7.73. The van der Waals surface area contributed by atoms with Crippen molar-refractivity contribution >= 4 is 23.5 Å². The third kappa shape index (κ3) is 5.46. The van der Waals surface area contributed by atoms with Crippen LogP contribution in [0.3, 0.4) is 0 Å². The van der Waals surface area contributed by atoms with E-state index in [1.807, 2.05) is 6.92 Å². The third-order valence-corrected chi connectivity index (χ3v) is 0.936. The van der Waals surface area contributed by atoms with Gasteiger partial charge in [-0.25, -0.2) is 0 Å². The molecule has 0 aromatic heterocycles. The molecule has 0 unspecified atom stereocenters. The van der Waals surface area contributed by atoms with E-state index in [0.29, 0.717) is 11.7 Å². The Morgan fingerprint density at radius 3 is 3.00 bits per heavy atom. The van der Waals surface area contributed by atoms with Crippen LogP contribution in [0.2, 0.25) is 0 Å². The molecule has 0 radical (unpaired) electrons. The van der Waals surface area contributed by atoms with Gasteiger partial charge in [-0.3, -0.25) is 5.43 Å². The van der Waals surface area contributed by atoms with Crippen molar-refractivity contribution in [3.8, 4) is 0 Å². The summed E-state index contributed by atoms with van der Waals surface area (Å²) in [6.07, 6.45) is 1.55. The van der Waals surface area contributed by atoms with Crippen LogP contribution in [0.15, 0.2) is 5.10 Å². The van der Waals surface area contributed by atoms with E-state index in [1.165, 1.54) is 0 Å². The molecule has 0 aromatic carbocycles. The molecule has 0 saturated heterocycles. The van der Waals surface area contributed by atoms with Crippen molar-refractivity contribution in [2.75, 3.05) is 13.1 Å². The van der Waals surface area contributed by atoms with Gasteiger partial charge in [0.2, 0.25) is 0 Å². The van der Waals surface area contributed by atoms with Gasteiger partial charge in [0, 0.05) is 19.3 Å². The summed E-state index contributed by atoms with van der Waals surface area (Å²) in [5, 5.41) is 7.10. The van der Waals surface area contributed by atoms with Crippen molar-refractivity contribution in [3.05, 3.63) is 0 Å². The Bertz CT molecular complexity index is 123. The van der Waals surface area contributed by atoms with E-state index in [0.717, 1.165) is 6.54 Å². The lowest BCUT2D eigenvalue weighted by atomic mass is 10.7. The van der Waals surface area contributed by atoms with Crippen molar-refractivity contribution in [1.82, 2.24) is 10.7 Å². The molecule has 4 nitrogen and oxygen atoms in total. The molecule has 0 amide bonds. The number of rotatable bonds is 3. The molecule has 5 heteroatoms. The molecule has 0 rings (SSSR count). The standard InChI is InChI=1S/C5H12N4S/c1-2-7-5(10)9-8-4-3-6/h4H,2-3,6H2,1H3,(H2,7,9,10)/b8-4+. The number of thiocarbonyl (C=S) groups is 1. The van der Waals surface area contributed by atoms with Crippen molar-refractivity contribution < 1.29 is 0 Å². The highest BCUT2D eigenvalue weighted by atomic mass is 32.1. The molecule has 0 spiro atoms. The van der Waals surface area contributed by atoms with E-state index >= 15 is 0 Å². The van der Waals surface area contributed by atoms with E-state index in [1.54, 1.807) is 6.21 Å².